The van der Waals surface area contributed by atoms with Crippen molar-refractivity contribution in [3.8, 4) is 22.3 Å². The summed E-state index contributed by atoms with van der Waals surface area (Å²) < 4.78 is 0. The van der Waals surface area contributed by atoms with Gasteiger partial charge in [-0.2, -0.15) is 12.1 Å². The van der Waals surface area contributed by atoms with Crippen molar-refractivity contribution in [2.24, 2.45) is 0 Å². The molecule has 0 aliphatic heterocycles. The molecule has 51 heavy (non-hydrogen) atoms. The SMILES string of the molecule is CC(C)(C)c1ccc(-c2cccc3[cH-]c(C4CCCC4)cc23)cc1.CCc1cc2c(-c3ccc(C(C)(C)C)cc3)cccc2[cH-]1.C[Si](C)=[Zr+2].[Cl-].[Cl-]. The van der Waals surface area contributed by atoms with E-state index in [0.29, 0.717) is 0 Å². The molecule has 0 amide bonds. The topological polar surface area (TPSA) is 0 Å². The van der Waals surface area contributed by atoms with E-state index < -0.39 is 0 Å². The minimum absolute atomic E-state index is 0. The van der Waals surface area contributed by atoms with Gasteiger partial charge in [-0.05, 0) is 58.3 Å². The molecule has 0 radical (unpaired) electrons. The van der Waals surface area contributed by atoms with Gasteiger partial charge in [-0.15, -0.1) is 69.1 Å². The maximum absolute atomic E-state index is 2.46. The fourth-order valence-electron chi connectivity index (χ4n) is 7.06. The number of hydrogen-bond acceptors (Lipinski definition) is 0. The number of fused-ring (bicyclic) bond motifs is 2. The van der Waals surface area contributed by atoms with Gasteiger partial charge in [-0.1, -0.05) is 133 Å². The van der Waals surface area contributed by atoms with Gasteiger partial charge in [0.25, 0.3) is 0 Å². The first-order valence-electron chi connectivity index (χ1n) is 18.4. The summed E-state index contributed by atoms with van der Waals surface area (Å²) in [6.07, 6.45) is 6.62. The summed E-state index contributed by atoms with van der Waals surface area (Å²) in [6.45, 7) is 20.4. The molecule has 4 heteroatoms. The molecule has 0 N–H and O–H groups in total. The minimum Gasteiger partial charge on any atom is -1.00 e. The van der Waals surface area contributed by atoms with Crippen LogP contribution in [0.1, 0.15) is 102 Å². The van der Waals surface area contributed by atoms with E-state index in [9.17, 15) is 0 Å². The summed E-state index contributed by atoms with van der Waals surface area (Å²) in [5.41, 5.74) is 11.7. The van der Waals surface area contributed by atoms with Gasteiger partial charge in [0.1, 0.15) is 0 Å². The normalized spacial score (nSPS) is 13.1. The van der Waals surface area contributed by atoms with Crippen LogP contribution in [0.4, 0.5) is 0 Å². The van der Waals surface area contributed by atoms with Crippen LogP contribution in [0.2, 0.25) is 13.1 Å². The van der Waals surface area contributed by atoms with Gasteiger partial charge in [0.2, 0.25) is 0 Å². The van der Waals surface area contributed by atoms with Gasteiger partial charge in [-0.25, -0.2) is 0 Å². The molecule has 7 rings (SSSR count). The first kappa shape index (κ1) is 43.2. The monoisotopic (exact) mass is 808 g/mol. The van der Waals surface area contributed by atoms with E-state index >= 15 is 0 Å². The third kappa shape index (κ3) is 11.1. The Morgan fingerprint density at radius 3 is 1.45 bits per heavy atom. The number of hydrogen-bond donors (Lipinski definition) is 0. The maximum Gasteiger partial charge on any atom is -1.00 e. The standard InChI is InChI=1S/C24H27.C21H23.C2H6Si.2ClH.Zr/c1-24(2,3)21-13-11-18(12-14-21)22-10-6-9-19-15-20(16-23(19)22)17-7-4-5-8-17;1-5-15-13-17-7-6-8-19(20(17)14-15)16-9-11-18(12-10-16)21(2,3)4;1-3-2;;;/h6,9-17H,4-5,7-8H2,1-3H3;6-14H,5H2,1-4H3;1-2H3;2*1H;/q2*-1;;;;+2/p-2. The van der Waals surface area contributed by atoms with E-state index in [1.165, 1.54) is 86.2 Å². The van der Waals surface area contributed by atoms with Gasteiger partial charge < -0.3 is 24.8 Å². The number of aryl methyl sites for hydroxylation is 1. The van der Waals surface area contributed by atoms with Crippen molar-refractivity contribution in [2.75, 3.05) is 0 Å². The fraction of sp³-hybridized carbons (Fsp3) is 0.362. The van der Waals surface area contributed by atoms with Gasteiger partial charge in [0, 0.05) is 0 Å². The zero-order chi connectivity index (χ0) is 35.3. The van der Waals surface area contributed by atoms with E-state index in [4.69, 9.17) is 0 Å². The van der Waals surface area contributed by atoms with Crippen LogP contribution in [0.25, 0.3) is 43.8 Å². The number of benzene rings is 4. The number of halogens is 2. The average molecular weight is 811 g/mol. The summed E-state index contributed by atoms with van der Waals surface area (Å²) in [5, 5.41) is 5.54. The van der Waals surface area contributed by atoms with E-state index in [-0.39, 0.29) is 41.1 Å². The Hall–Kier alpha value is -2.22. The Labute approximate surface area is 336 Å². The van der Waals surface area contributed by atoms with Crippen molar-refractivity contribution in [1.29, 1.82) is 0 Å². The van der Waals surface area contributed by atoms with E-state index in [1.54, 1.807) is 28.9 Å². The van der Waals surface area contributed by atoms with Crippen molar-refractivity contribution in [3.05, 3.63) is 131 Å². The Morgan fingerprint density at radius 2 is 1.04 bits per heavy atom. The fourth-order valence-corrected chi connectivity index (χ4v) is 7.06. The molecule has 0 saturated heterocycles. The van der Waals surface area contributed by atoms with Gasteiger partial charge in [0.15, 0.2) is 0 Å². The van der Waals surface area contributed by atoms with Crippen LogP contribution in [-0.2, 0) is 40.6 Å². The third-order valence-electron chi connectivity index (χ3n) is 9.94. The molecule has 0 unspecified atom stereocenters. The van der Waals surface area contributed by atoms with Crippen molar-refractivity contribution in [1.82, 2.24) is 0 Å². The molecule has 1 aliphatic carbocycles. The van der Waals surface area contributed by atoms with E-state index in [1.807, 2.05) is 0 Å². The Morgan fingerprint density at radius 1 is 0.627 bits per heavy atom. The predicted octanol–water partition coefficient (Wildman–Crippen LogP) is 8.06. The molecular weight excluding hydrogens is 755 g/mol. The van der Waals surface area contributed by atoms with Crippen LogP contribution in [0, 0.1) is 0 Å². The summed E-state index contributed by atoms with van der Waals surface area (Å²) in [7, 11) is 0. The molecule has 0 nitrogen and oxygen atoms in total. The zero-order valence-corrected chi connectivity index (χ0v) is 37.2. The molecule has 1 saturated carbocycles. The quantitative estimate of drug-likeness (QED) is 0.125. The van der Waals surface area contributed by atoms with Crippen LogP contribution in [0.5, 0.6) is 0 Å². The first-order chi connectivity index (χ1) is 23.2. The second kappa shape index (κ2) is 18.7. The second-order valence-corrected chi connectivity index (χ2v) is 25.6. The Bertz CT molecular complexity index is 1990. The van der Waals surface area contributed by atoms with Crippen LogP contribution in [0.15, 0.2) is 109 Å². The third-order valence-corrected chi connectivity index (χ3v) is 9.94. The summed E-state index contributed by atoms with van der Waals surface area (Å²) >= 11 is 1.74. The maximum atomic E-state index is 2.46. The van der Waals surface area contributed by atoms with Crippen LogP contribution < -0.4 is 24.8 Å². The van der Waals surface area contributed by atoms with E-state index in [2.05, 4.69) is 171 Å². The molecule has 0 aromatic heterocycles. The molecule has 6 aromatic carbocycles. The minimum atomic E-state index is 0. The summed E-state index contributed by atoms with van der Waals surface area (Å²) in [4.78, 5) is 0. The summed E-state index contributed by atoms with van der Waals surface area (Å²) in [5.74, 6) is 0.786. The summed E-state index contributed by atoms with van der Waals surface area (Å²) in [6, 6.07) is 41.1. The Kier molecular flexibility index (Phi) is 15.8. The van der Waals surface area contributed by atoms with Crippen LogP contribution >= 0.6 is 0 Å². The Balaban J connectivity index is 0.000000243. The predicted molar refractivity (Wildman–Crippen MR) is 215 cm³/mol. The molecule has 268 valence electrons. The molecular formula is C47H56Cl2SiZr-2. The van der Waals surface area contributed by atoms with Crippen molar-refractivity contribution >= 4 is 27.0 Å². The average Bonchev–Trinajstić information content (AvgIpc) is 3.83. The molecule has 0 spiro atoms. The van der Waals surface area contributed by atoms with Crippen LogP contribution in [-0.4, -0.2) is 5.43 Å². The van der Waals surface area contributed by atoms with E-state index in [0.717, 1.165) is 12.3 Å². The van der Waals surface area contributed by atoms with Crippen molar-refractivity contribution in [2.45, 2.75) is 110 Å². The van der Waals surface area contributed by atoms with Gasteiger partial charge in [0.05, 0.1) is 0 Å². The molecule has 0 bridgehead atoms. The van der Waals surface area contributed by atoms with Crippen LogP contribution in [0.3, 0.4) is 0 Å². The van der Waals surface area contributed by atoms with Gasteiger partial charge in [-0.3, -0.25) is 0 Å². The molecule has 6 aromatic rings. The zero-order valence-electron chi connectivity index (χ0n) is 32.3. The largest absolute Gasteiger partial charge is 1.00 e. The molecule has 0 heterocycles. The smallest absolute Gasteiger partial charge is 1.00 e. The van der Waals surface area contributed by atoms with Crippen molar-refractivity contribution in [3.63, 3.8) is 0 Å². The second-order valence-electron chi connectivity index (χ2n) is 16.3. The first-order valence-corrected chi connectivity index (χ1v) is 24.5. The molecule has 1 aliphatic rings. The molecule has 1 fully saturated rings. The molecule has 0 atom stereocenters. The number of rotatable bonds is 4. The van der Waals surface area contributed by atoms with Gasteiger partial charge >= 0.3 is 41.9 Å². The van der Waals surface area contributed by atoms with Crippen molar-refractivity contribution < 1.29 is 48.1 Å².